The Bertz CT molecular complexity index is 1670. The van der Waals surface area contributed by atoms with Crippen LogP contribution in [0.25, 0.3) is 0 Å². The Balaban J connectivity index is 1.56. The minimum atomic E-state index is -0.506. The summed E-state index contributed by atoms with van der Waals surface area (Å²) < 4.78 is 13.6. The van der Waals surface area contributed by atoms with Gasteiger partial charge in [0.15, 0.2) is 0 Å². The predicted molar refractivity (Wildman–Crippen MR) is 225 cm³/mol. The zero-order valence-corrected chi connectivity index (χ0v) is 35.3. The van der Waals surface area contributed by atoms with Crippen molar-refractivity contribution in [3.8, 4) is 11.5 Å². The zero-order chi connectivity index (χ0) is 39.2. The van der Waals surface area contributed by atoms with E-state index in [-0.39, 0.29) is 27.8 Å². The van der Waals surface area contributed by atoms with Crippen molar-refractivity contribution in [1.82, 2.24) is 0 Å². The number of phenols is 1. The Morgan fingerprint density at radius 3 is 1.58 bits per heavy atom. The van der Waals surface area contributed by atoms with E-state index >= 15 is 0 Å². The molecule has 4 aromatic rings. The molecule has 0 amide bonds. The standard InChI is InChI=1S/C50H70O3/c1-36(37-20-16-14-17-21-37)52-45(50(12,13)40-22-18-15-19-23-40)53-42-30-26-39(27-31-42)44(34-46(2,3)4)49(10,11)33-32-48(8,9)35-43(47(5,6)7)38-24-28-41(51)29-25-38/h14-31,36,43-45,51H,32-35H2,1-13H3. The summed E-state index contributed by atoms with van der Waals surface area (Å²) in [4.78, 5) is 0. The molecule has 3 heteroatoms. The van der Waals surface area contributed by atoms with Crippen LogP contribution in [0.15, 0.2) is 109 Å². The summed E-state index contributed by atoms with van der Waals surface area (Å²) >= 11 is 0. The van der Waals surface area contributed by atoms with Crippen molar-refractivity contribution < 1.29 is 14.6 Å². The van der Waals surface area contributed by atoms with Crippen LogP contribution in [0.1, 0.15) is 156 Å². The summed E-state index contributed by atoms with van der Waals surface area (Å²) in [6.07, 6.45) is 3.82. The van der Waals surface area contributed by atoms with Crippen LogP contribution in [-0.2, 0) is 10.2 Å². The smallest absolute Gasteiger partial charge is 0.209 e. The topological polar surface area (TPSA) is 38.7 Å². The van der Waals surface area contributed by atoms with Gasteiger partial charge in [0, 0.05) is 0 Å². The van der Waals surface area contributed by atoms with Crippen LogP contribution in [-0.4, -0.2) is 11.4 Å². The van der Waals surface area contributed by atoms with Crippen LogP contribution < -0.4 is 4.74 Å². The number of aromatic hydroxyl groups is 1. The summed E-state index contributed by atoms with van der Waals surface area (Å²) in [6.45, 7) is 30.5. The molecule has 1 N–H and O–H groups in total. The number of hydrogen-bond acceptors (Lipinski definition) is 3. The molecule has 4 atom stereocenters. The number of hydrogen-bond donors (Lipinski definition) is 1. The molecule has 288 valence electrons. The molecule has 0 fully saturated rings. The van der Waals surface area contributed by atoms with Gasteiger partial charge in [0.05, 0.1) is 11.5 Å². The number of ether oxygens (including phenoxy) is 2. The first kappa shape index (κ1) is 42.2. The highest BCUT2D eigenvalue weighted by Crippen LogP contribution is 2.50. The van der Waals surface area contributed by atoms with E-state index in [4.69, 9.17) is 9.47 Å². The fourth-order valence-corrected chi connectivity index (χ4v) is 7.82. The van der Waals surface area contributed by atoms with Gasteiger partial charge in [-0.25, -0.2) is 0 Å². The van der Waals surface area contributed by atoms with E-state index < -0.39 is 11.7 Å². The first-order valence-corrected chi connectivity index (χ1v) is 19.9. The molecule has 3 nitrogen and oxygen atoms in total. The van der Waals surface area contributed by atoms with Crippen LogP contribution in [0.5, 0.6) is 11.5 Å². The minimum absolute atomic E-state index is 0.0781. The van der Waals surface area contributed by atoms with Gasteiger partial charge >= 0.3 is 0 Å². The second-order valence-electron chi connectivity index (χ2n) is 20.0. The first-order chi connectivity index (χ1) is 24.6. The Morgan fingerprint density at radius 1 is 0.547 bits per heavy atom. The molecule has 0 saturated heterocycles. The maximum absolute atomic E-state index is 9.96. The first-order valence-electron chi connectivity index (χ1n) is 19.9. The third kappa shape index (κ3) is 12.0. The lowest BCUT2D eigenvalue weighted by Crippen LogP contribution is -2.41. The van der Waals surface area contributed by atoms with Crippen molar-refractivity contribution in [3.05, 3.63) is 131 Å². The summed E-state index contributed by atoms with van der Waals surface area (Å²) in [5.74, 6) is 1.93. The lowest BCUT2D eigenvalue weighted by Gasteiger charge is -2.42. The van der Waals surface area contributed by atoms with Crippen molar-refractivity contribution in [3.63, 3.8) is 0 Å². The van der Waals surface area contributed by atoms with Gasteiger partial charge in [-0.05, 0) is 126 Å². The monoisotopic (exact) mass is 719 g/mol. The van der Waals surface area contributed by atoms with Gasteiger partial charge in [-0.15, -0.1) is 0 Å². The summed E-state index contributed by atoms with van der Waals surface area (Å²) in [5, 5.41) is 9.96. The molecule has 4 rings (SSSR count). The highest BCUT2D eigenvalue weighted by atomic mass is 16.7. The fourth-order valence-electron chi connectivity index (χ4n) is 7.82. The molecule has 0 saturated carbocycles. The van der Waals surface area contributed by atoms with Gasteiger partial charge in [0.1, 0.15) is 11.5 Å². The highest BCUT2D eigenvalue weighted by Gasteiger charge is 2.39. The van der Waals surface area contributed by atoms with Gasteiger partial charge in [-0.3, -0.25) is 0 Å². The van der Waals surface area contributed by atoms with E-state index in [1.54, 1.807) is 0 Å². The molecule has 0 aliphatic heterocycles. The summed E-state index contributed by atoms with van der Waals surface area (Å²) in [6, 6.07) is 37.7. The minimum Gasteiger partial charge on any atom is -0.508 e. The van der Waals surface area contributed by atoms with Gasteiger partial charge in [-0.2, -0.15) is 0 Å². The maximum Gasteiger partial charge on any atom is 0.209 e. The van der Waals surface area contributed by atoms with E-state index in [0.717, 1.165) is 37.0 Å². The van der Waals surface area contributed by atoms with Gasteiger partial charge in [0.25, 0.3) is 0 Å². The molecule has 0 spiro atoms. The number of benzene rings is 4. The van der Waals surface area contributed by atoms with E-state index in [1.165, 1.54) is 16.7 Å². The average Bonchev–Trinajstić information content (AvgIpc) is 3.09. The summed E-state index contributed by atoms with van der Waals surface area (Å²) in [5.41, 5.74) is 5.09. The van der Waals surface area contributed by atoms with E-state index in [0.29, 0.717) is 17.6 Å². The summed E-state index contributed by atoms with van der Waals surface area (Å²) in [7, 11) is 0. The zero-order valence-electron chi connectivity index (χ0n) is 35.3. The van der Waals surface area contributed by atoms with Crippen molar-refractivity contribution in [2.45, 2.75) is 145 Å². The van der Waals surface area contributed by atoms with E-state index in [9.17, 15) is 5.11 Å². The van der Waals surface area contributed by atoms with Crippen LogP contribution in [0.3, 0.4) is 0 Å². The second-order valence-corrected chi connectivity index (χ2v) is 20.0. The molecule has 53 heavy (non-hydrogen) atoms. The Morgan fingerprint density at radius 2 is 1.06 bits per heavy atom. The molecule has 0 radical (unpaired) electrons. The van der Waals surface area contributed by atoms with Gasteiger partial charge < -0.3 is 14.6 Å². The molecular weight excluding hydrogens is 649 g/mol. The normalized spacial score (nSPS) is 15.4. The van der Waals surface area contributed by atoms with Crippen LogP contribution in [0, 0.1) is 21.7 Å². The van der Waals surface area contributed by atoms with Gasteiger partial charge in [-0.1, -0.05) is 154 Å². The Hall–Kier alpha value is -3.56. The van der Waals surface area contributed by atoms with Crippen molar-refractivity contribution in [2.24, 2.45) is 21.7 Å². The Kier molecular flexibility index (Phi) is 13.4. The quantitative estimate of drug-likeness (QED) is 0.117. The molecule has 4 unspecified atom stereocenters. The lowest BCUT2D eigenvalue weighted by molar-refractivity contribution is -0.150. The molecule has 0 heterocycles. The van der Waals surface area contributed by atoms with Gasteiger partial charge in [0.2, 0.25) is 6.29 Å². The van der Waals surface area contributed by atoms with E-state index in [2.05, 4.69) is 181 Å². The fraction of sp³-hybridized carbons (Fsp3) is 0.520. The second kappa shape index (κ2) is 16.8. The molecule has 4 aromatic carbocycles. The van der Waals surface area contributed by atoms with Crippen LogP contribution in [0.2, 0.25) is 0 Å². The Labute approximate surface area is 323 Å². The number of rotatable bonds is 16. The van der Waals surface area contributed by atoms with Crippen LogP contribution >= 0.6 is 0 Å². The third-order valence-corrected chi connectivity index (χ3v) is 11.5. The highest BCUT2D eigenvalue weighted by molar-refractivity contribution is 5.33. The van der Waals surface area contributed by atoms with E-state index in [1.807, 2.05) is 18.2 Å². The third-order valence-electron chi connectivity index (χ3n) is 11.5. The average molecular weight is 719 g/mol. The van der Waals surface area contributed by atoms with Crippen LogP contribution in [0.4, 0.5) is 0 Å². The van der Waals surface area contributed by atoms with Crippen molar-refractivity contribution >= 4 is 0 Å². The molecule has 0 aliphatic rings. The van der Waals surface area contributed by atoms with Crippen molar-refractivity contribution in [2.75, 3.05) is 0 Å². The molecule has 0 aliphatic carbocycles. The lowest BCUT2D eigenvalue weighted by atomic mass is 9.63. The number of phenolic OH excluding ortho intramolecular Hbond substituents is 1. The molecular formula is C50H70O3. The largest absolute Gasteiger partial charge is 0.508 e. The SMILES string of the molecule is CC(OC(Oc1ccc(C(CC(C)(C)C)C(C)(C)CCC(C)(C)CC(c2ccc(O)cc2)C(C)(C)C)cc1)C(C)(C)c1ccccc1)c1ccccc1. The van der Waals surface area contributed by atoms with Crippen molar-refractivity contribution in [1.29, 1.82) is 0 Å². The maximum atomic E-state index is 9.96. The molecule has 0 aromatic heterocycles. The predicted octanol–water partition coefficient (Wildman–Crippen LogP) is 14.4. The molecule has 0 bridgehead atoms.